The summed E-state index contributed by atoms with van der Waals surface area (Å²) in [7, 11) is 0. The maximum atomic E-state index is 11.8. The van der Waals surface area contributed by atoms with Crippen LogP contribution >= 0.6 is 11.6 Å². The minimum atomic E-state index is -0.310. The lowest BCUT2D eigenvalue weighted by Gasteiger charge is -2.02. The maximum absolute atomic E-state index is 11.8. The molecule has 2 aromatic rings. The van der Waals surface area contributed by atoms with E-state index in [2.05, 4.69) is 10.3 Å². The van der Waals surface area contributed by atoms with Crippen LogP contribution in [0.25, 0.3) is 0 Å². The normalized spacial score (nSPS) is 10.2. The van der Waals surface area contributed by atoms with E-state index in [0.717, 1.165) is 0 Å². The van der Waals surface area contributed by atoms with Crippen LogP contribution in [0.4, 0.5) is 5.69 Å². The molecule has 1 aromatic heterocycles. The van der Waals surface area contributed by atoms with Gasteiger partial charge in [0.15, 0.2) is 11.6 Å². The minimum Gasteiger partial charge on any atom is -0.448 e. The third-order valence-electron chi connectivity index (χ3n) is 2.17. The first-order valence-corrected chi connectivity index (χ1v) is 5.58. The van der Waals surface area contributed by atoms with Crippen molar-refractivity contribution >= 4 is 23.2 Å². The number of amides is 1. The van der Waals surface area contributed by atoms with Gasteiger partial charge in [-0.25, -0.2) is 4.98 Å². The average molecular weight is 251 g/mol. The number of oxazole rings is 1. The number of aromatic nitrogens is 1. The van der Waals surface area contributed by atoms with Gasteiger partial charge >= 0.3 is 0 Å². The Bertz CT molecular complexity index is 537. The topological polar surface area (TPSA) is 55.1 Å². The molecule has 17 heavy (non-hydrogen) atoms. The molecule has 0 aliphatic carbocycles. The van der Waals surface area contributed by atoms with Crippen LogP contribution in [0.2, 0.25) is 5.02 Å². The second-order valence-electron chi connectivity index (χ2n) is 3.44. The van der Waals surface area contributed by atoms with Crippen LogP contribution in [0.15, 0.2) is 34.9 Å². The molecule has 0 aliphatic heterocycles. The van der Waals surface area contributed by atoms with Gasteiger partial charge in [-0.05, 0) is 18.2 Å². The molecule has 0 bridgehead atoms. The number of aryl methyl sites for hydroxylation is 1. The van der Waals surface area contributed by atoms with Crippen LogP contribution in [-0.2, 0) is 6.42 Å². The molecule has 1 N–H and O–H groups in total. The van der Waals surface area contributed by atoms with Crippen molar-refractivity contribution in [3.8, 4) is 0 Å². The van der Waals surface area contributed by atoms with E-state index >= 15 is 0 Å². The van der Waals surface area contributed by atoms with E-state index in [1.165, 1.54) is 6.26 Å². The molecule has 1 amide bonds. The van der Waals surface area contributed by atoms with Crippen LogP contribution in [-0.4, -0.2) is 10.9 Å². The predicted octanol–water partition coefficient (Wildman–Crippen LogP) is 3.14. The molecule has 2 rings (SSSR count). The van der Waals surface area contributed by atoms with Crippen LogP contribution < -0.4 is 5.32 Å². The number of anilines is 1. The zero-order valence-electron chi connectivity index (χ0n) is 9.24. The summed E-state index contributed by atoms with van der Waals surface area (Å²) in [4.78, 5) is 15.8. The Balaban J connectivity index is 2.11. The first-order valence-electron chi connectivity index (χ1n) is 5.20. The highest BCUT2D eigenvalue weighted by molar-refractivity contribution is 6.30. The lowest BCUT2D eigenvalue weighted by atomic mass is 10.3. The van der Waals surface area contributed by atoms with Crippen LogP contribution in [0, 0.1) is 0 Å². The third kappa shape index (κ3) is 2.85. The molecule has 0 atom stereocenters. The van der Waals surface area contributed by atoms with Gasteiger partial charge < -0.3 is 9.73 Å². The first-order chi connectivity index (χ1) is 8.19. The van der Waals surface area contributed by atoms with Crippen LogP contribution in [0.5, 0.6) is 0 Å². The average Bonchev–Trinajstić information content (AvgIpc) is 2.77. The Morgan fingerprint density at radius 3 is 3.00 bits per heavy atom. The third-order valence-corrected chi connectivity index (χ3v) is 2.40. The molecule has 5 heteroatoms. The van der Waals surface area contributed by atoms with E-state index < -0.39 is 0 Å². The van der Waals surface area contributed by atoms with Gasteiger partial charge in [0.05, 0.1) is 0 Å². The standard InChI is InChI=1S/C12H11ClN2O2/c1-2-11-15-10(7-17-11)12(16)14-9-5-3-4-8(13)6-9/h3-7H,2H2,1H3,(H,14,16). The number of hydrogen-bond donors (Lipinski definition) is 1. The molecule has 0 saturated heterocycles. The van der Waals surface area contributed by atoms with Crippen molar-refractivity contribution in [3.05, 3.63) is 47.1 Å². The zero-order valence-corrected chi connectivity index (χ0v) is 9.99. The van der Waals surface area contributed by atoms with Crippen molar-refractivity contribution in [1.29, 1.82) is 0 Å². The molecule has 0 aliphatic rings. The van der Waals surface area contributed by atoms with Crippen molar-refractivity contribution in [1.82, 2.24) is 4.98 Å². The highest BCUT2D eigenvalue weighted by Gasteiger charge is 2.11. The number of carbonyl (C=O) groups excluding carboxylic acids is 1. The largest absolute Gasteiger partial charge is 0.448 e. The molecule has 0 fully saturated rings. The summed E-state index contributed by atoms with van der Waals surface area (Å²) in [6.45, 7) is 1.91. The number of rotatable bonds is 3. The maximum Gasteiger partial charge on any atom is 0.277 e. The second kappa shape index (κ2) is 5.01. The molecule has 0 spiro atoms. The fourth-order valence-electron chi connectivity index (χ4n) is 1.34. The number of halogens is 1. The van der Waals surface area contributed by atoms with Crippen molar-refractivity contribution in [3.63, 3.8) is 0 Å². The number of nitrogens with zero attached hydrogens (tertiary/aromatic N) is 1. The quantitative estimate of drug-likeness (QED) is 0.910. The Labute approximate surface area is 104 Å². The monoisotopic (exact) mass is 250 g/mol. The molecular formula is C12H11ClN2O2. The number of nitrogens with one attached hydrogen (secondary N) is 1. The summed E-state index contributed by atoms with van der Waals surface area (Å²) in [6.07, 6.45) is 2.00. The Kier molecular flexibility index (Phi) is 3.44. The first kappa shape index (κ1) is 11.7. The van der Waals surface area contributed by atoms with Crippen molar-refractivity contribution in [2.45, 2.75) is 13.3 Å². The molecule has 0 saturated carbocycles. The van der Waals surface area contributed by atoms with Gasteiger partial charge in [0.2, 0.25) is 0 Å². The van der Waals surface area contributed by atoms with Gasteiger partial charge in [0.25, 0.3) is 5.91 Å². The van der Waals surface area contributed by atoms with E-state index in [1.54, 1.807) is 24.3 Å². The van der Waals surface area contributed by atoms with E-state index in [0.29, 0.717) is 23.0 Å². The molecule has 0 unspecified atom stereocenters. The summed E-state index contributed by atoms with van der Waals surface area (Å²) >= 11 is 5.82. The fourth-order valence-corrected chi connectivity index (χ4v) is 1.53. The summed E-state index contributed by atoms with van der Waals surface area (Å²) in [5.41, 5.74) is 0.894. The Morgan fingerprint density at radius 1 is 1.53 bits per heavy atom. The molecule has 1 aromatic carbocycles. The lowest BCUT2D eigenvalue weighted by Crippen LogP contribution is -2.12. The Hall–Kier alpha value is -1.81. The zero-order chi connectivity index (χ0) is 12.3. The van der Waals surface area contributed by atoms with Crippen LogP contribution in [0.3, 0.4) is 0 Å². The fraction of sp³-hybridized carbons (Fsp3) is 0.167. The van der Waals surface area contributed by atoms with Gasteiger partial charge in [0.1, 0.15) is 6.26 Å². The summed E-state index contributed by atoms with van der Waals surface area (Å²) in [5.74, 6) is 0.233. The van der Waals surface area contributed by atoms with Gasteiger partial charge in [0, 0.05) is 17.1 Å². The second-order valence-corrected chi connectivity index (χ2v) is 3.88. The number of hydrogen-bond acceptors (Lipinski definition) is 3. The smallest absolute Gasteiger partial charge is 0.277 e. The minimum absolute atomic E-state index is 0.266. The molecule has 0 radical (unpaired) electrons. The van der Waals surface area contributed by atoms with E-state index in [4.69, 9.17) is 16.0 Å². The SMILES string of the molecule is CCc1nc(C(=O)Nc2cccc(Cl)c2)co1. The number of benzene rings is 1. The predicted molar refractivity (Wildman–Crippen MR) is 65.3 cm³/mol. The van der Waals surface area contributed by atoms with Gasteiger partial charge in [-0.15, -0.1) is 0 Å². The van der Waals surface area contributed by atoms with E-state index in [9.17, 15) is 4.79 Å². The van der Waals surface area contributed by atoms with Gasteiger partial charge in [-0.1, -0.05) is 24.6 Å². The van der Waals surface area contributed by atoms with Gasteiger partial charge in [-0.3, -0.25) is 4.79 Å². The van der Waals surface area contributed by atoms with Crippen LogP contribution in [0.1, 0.15) is 23.3 Å². The summed E-state index contributed by atoms with van der Waals surface area (Å²) < 4.78 is 5.10. The summed E-state index contributed by atoms with van der Waals surface area (Å²) in [6, 6.07) is 6.92. The van der Waals surface area contributed by atoms with Crippen molar-refractivity contribution in [2.75, 3.05) is 5.32 Å². The molecule has 1 heterocycles. The molecule has 4 nitrogen and oxygen atoms in total. The highest BCUT2D eigenvalue weighted by atomic mass is 35.5. The lowest BCUT2D eigenvalue weighted by molar-refractivity contribution is 0.102. The summed E-state index contributed by atoms with van der Waals surface area (Å²) in [5, 5.41) is 3.26. The number of carbonyl (C=O) groups is 1. The molecule has 88 valence electrons. The van der Waals surface area contributed by atoms with Crippen molar-refractivity contribution in [2.24, 2.45) is 0 Å². The highest BCUT2D eigenvalue weighted by Crippen LogP contribution is 2.15. The van der Waals surface area contributed by atoms with Gasteiger partial charge in [-0.2, -0.15) is 0 Å². The van der Waals surface area contributed by atoms with E-state index in [-0.39, 0.29) is 11.6 Å². The Morgan fingerprint density at radius 2 is 2.35 bits per heavy atom. The van der Waals surface area contributed by atoms with Crippen molar-refractivity contribution < 1.29 is 9.21 Å². The van der Waals surface area contributed by atoms with E-state index in [1.807, 2.05) is 6.92 Å². The molecular weight excluding hydrogens is 240 g/mol.